The molecule has 1 heterocycles. The number of hydrogen-bond acceptors (Lipinski definition) is 4. The summed E-state index contributed by atoms with van der Waals surface area (Å²) in [6, 6.07) is 0. The van der Waals surface area contributed by atoms with Crippen LogP contribution in [0.25, 0.3) is 0 Å². The van der Waals surface area contributed by atoms with Crippen molar-refractivity contribution in [1.82, 2.24) is 10.5 Å². The third-order valence-electron chi connectivity index (χ3n) is 1.27. The van der Waals surface area contributed by atoms with E-state index in [1.807, 2.05) is 0 Å². The van der Waals surface area contributed by atoms with Crippen LogP contribution >= 0.6 is 11.3 Å². The van der Waals surface area contributed by atoms with E-state index >= 15 is 0 Å². The van der Waals surface area contributed by atoms with E-state index in [0.717, 1.165) is 11.3 Å². The zero-order valence-electron chi connectivity index (χ0n) is 6.54. The van der Waals surface area contributed by atoms with E-state index in [0.29, 0.717) is 5.01 Å². The van der Waals surface area contributed by atoms with Crippen LogP contribution in [0.4, 0.5) is 8.78 Å². The number of rotatable bonds is 2. The predicted molar refractivity (Wildman–Crippen MR) is 41.1 cm³/mol. The summed E-state index contributed by atoms with van der Waals surface area (Å²) in [7, 11) is 0. The van der Waals surface area contributed by atoms with E-state index in [4.69, 9.17) is 5.21 Å². The summed E-state index contributed by atoms with van der Waals surface area (Å²) in [4.78, 5) is 14.0. The highest BCUT2D eigenvalue weighted by Crippen LogP contribution is 2.26. The summed E-state index contributed by atoms with van der Waals surface area (Å²) in [5, 5.41) is 8.59. The van der Waals surface area contributed by atoms with Crippen molar-refractivity contribution in [3.05, 3.63) is 15.6 Å². The molecule has 0 bridgehead atoms. The second-order valence-corrected chi connectivity index (χ2v) is 3.39. The molecular formula is C6H6F2N2O2S. The molecule has 0 aliphatic rings. The van der Waals surface area contributed by atoms with Crippen molar-refractivity contribution in [1.29, 1.82) is 0 Å². The van der Waals surface area contributed by atoms with E-state index in [1.165, 1.54) is 12.4 Å². The largest absolute Gasteiger partial charge is 0.288 e. The summed E-state index contributed by atoms with van der Waals surface area (Å²) in [6.45, 7) is 1.50. The van der Waals surface area contributed by atoms with Gasteiger partial charge in [0.15, 0.2) is 0 Å². The number of halogens is 2. The maximum Gasteiger partial charge on any atom is 0.286 e. The molecule has 2 N–H and O–H groups in total. The zero-order chi connectivity index (χ0) is 10.0. The molecule has 1 amide bonds. The predicted octanol–water partition coefficient (Wildman–Crippen LogP) is 1.51. The van der Waals surface area contributed by atoms with Gasteiger partial charge in [0.2, 0.25) is 0 Å². The molecule has 7 heteroatoms. The zero-order valence-corrected chi connectivity index (χ0v) is 7.36. The van der Waals surface area contributed by atoms with E-state index < -0.39 is 18.0 Å². The van der Waals surface area contributed by atoms with Crippen molar-refractivity contribution < 1.29 is 18.8 Å². The van der Waals surface area contributed by atoms with Crippen LogP contribution in [-0.4, -0.2) is 16.1 Å². The molecule has 0 aliphatic heterocycles. The highest BCUT2D eigenvalue weighted by molar-refractivity contribution is 7.13. The van der Waals surface area contributed by atoms with Gasteiger partial charge in [-0.2, -0.15) is 0 Å². The van der Waals surface area contributed by atoms with Gasteiger partial charge in [-0.15, -0.1) is 11.3 Å². The minimum absolute atomic E-state index is 0.255. The minimum Gasteiger partial charge on any atom is -0.288 e. The van der Waals surface area contributed by atoms with Gasteiger partial charge < -0.3 is 0 Å². The molecule has 0 aromatic carbocycles. The number of nitrogens with one attached hydrogen (secondary N) is 1. The van der Waals surface area contributed by atoms with Crippen LogP contribution in [0, 0.1) is 6.92 Å². The van der Waals surface area contributed by atoms with Gasteiger partial charge in [0.05, 0.1) is 5.01 Å². The Morgan fingerprint density at radius 1 is 1.69 bits per heavy atom. The van der Waals surface area contributed by atoms with Gasteiger partial charge in [-0.05, 0) is 6.92 Å². The summed E-state index contributed by atoms with van der Waals surface area (Å²) >= 11 is 0.812. The Morgan fingerprint density at radius 3 is 2.77 bits per heavy atom. The number of carbonyl (C=O) groups excluding carboxylic acids is 1. The number of carbonyl (C=O) groups is 1. The van der Waals surface area contributed by atoms with E-state index in [-0.39, 0.29) is 4.88 Å². The average Bonchev–Trinajstić information content (AvgIpc) is 2.46. The van der Waals surface area contributed by atoms with Crippen LogP contribution in [0.3, 0.4) is 0 Å². The number of hydroxylamine groups is 1. The number of thiazole rings is 1. The molecule has 0 fully saturated rings. The van der Waals surface area contributed by atoms with Crippen molar-refractivity contribution in [3.8, 4) is 0 Å². The minimum atomic E-state index is -2.81. The Balaban J connectivity index is 3.11. The number of aryl methyl sites for hydroxylation is 1. The molecule has 0 radical (unpaired) electrons. The van der Waals surface area contributed by atoms with Gasteiger partial charge >= 0.3 is 0 Å². The molecule has 0 saturated carbocycles. The lowest BCUT2D eigenvalue weighted by molar-refractivity contribution is 0.0700. The number of aromatic nitrogens is 1. The van der Waals surface area contributed by atoms with Gasteiger partial charge in [0, 0.05) is 0 Å². The SMILES string of the molecule is Cc1nc(C(F)F)c(C(=O)NO)s1. The van der Waals surface area contributed by atoms with Crippen LogP contribution in [0.2, 0.25) is 0 Å². The van der Waals surface area contributed by atoms with Gasteiger partial charge in [-0.3, -0.25) is 10.0 Å². The summed E-state index contributed by atoms with van der Waals surface area (Å²) in [5.41, 5.74) is 0.699. The lowest BCUT2D eigenvalue weighted by Crippen LogP contribution is -2.18. The highest BCUT2D eigenvalue weighted by atomic mass is 32.1. The van der Waals surface area contributed by atoms with Crippen molar-refractivity contribution in [2.24, 2.45) is 0 Å². The Morgan fingerprint density at radius 2 is 2.31 bits per heavy atom. The smallest absolute Gasteiger partial charge is 0.286 e. The Kier molecular flexibility index (Phi) is 2.89. The molecule has 0 spiro atoms. The molecule has 13 heavy (non-hydrogen) atoms. The number of amides is 1. The number of alkyl halides is 2. The standard InChI is InChI=1S/C6H6F2N2O2S/c1-2-9-3(5(7)8)4(13-2)6(11)10-12/h5,12H,1H3,(H,10,11). The third-order valence-corrected chi connectivity index (χ3v) is 2.26. The van der Waals surface area contributed by atoms with E-state index in [9.17, 15) is 13.6 Å². The molecule has 4 nitrogen and oxygen atoms in total. The van der Waals surface area contributed by atoms with Crippen LogP contribution in [-0.2, 0) is 0 Å². The van der Waals surface area contributed by atoms with Gasteiger partial charge in [0.1, 0.15) is 10.6 Å². The van der Waals surface area contributed by atoms with Crippen LogP contribution in [0.1, 0.15) is 26.8 Å². The second-order valence-electron chi connectivity index (χ2n) is 2.19. The average molecular weight is 208 g/mol. The van der Waals surface area contributed by atoms with E-state index in [2.05, 4.69) is 4.98 Å². The van der Waals surface area contributed by atoms with Crippen molar-refractivity contribution in [2.75, 3.05) is 0 Å². The highest BCUT2D eigenvalue weighted by Gasteiger charge is 2.22. The first-order chi connectivity index (χ1) is 6.06. The Labute approximate surface area is 76.2 Å². The van der Waals surface area contributed by atoms with E-state index in [1.54, 1.807) is 0 Å². The molecule has 1 rings (SSSR count). The fourth-order valence-electron chi connectivity index (χ4n) is 0.805. The second kappa shape index (κ2) is 3.75. The normalized spacial score (nSPS) is 10.5. The monoisotopic (exact) mass is 208 g/mol. The molecular weight excluding hydrogens is 202 g/mol. The quantitative estimate of drug-likeness (QED) is 0.572. The van der Waals surface area contributed by atoms with Gasteiger partial charge in [0.25, 0.3) is 12.3 Å². The third kappa shape index (κ3) is 1.99. The number of nitrogens with zero attached hydrogens (tertiary/aromatic N) is 1. The molecule has 1 aromatic heterocycles. The summed E-state index contributed by atoms with van der Waals surface area (Å²) in [6.07, 6.45) is -2.81. The summed E-state index contributed by atoms with van der Waals surface area (Å²) < 4.78 is 24.4. The molecule has 0 atom stereocenters. The lowest BCUT2D eigenvalue weighted by Gasteiger charge is -1.97. The Hall–Kier alpha value is -1.08. The number of hydrogen-bond donors (Lipinski definition) is 2. The van der Waals surface area contributed by atoms with Crippen LogP contribution in [0.15, 0.2) is 0 Å². The first kappa shape index (κ1) is 10.0. The fraction of sp³-hybridized carbons (Fsp3) is 0.333. The maximum absolute atomic E-state index is 12.2. The topological polar surface area (TPSA) is 62.2 Å². The van der Waals surface area contributed by atoms with Crippen molar-refractivity contribution >= 4 is 17.2 Å². The van der Waals surface area contributed by atoms with Crippen molar-refractivity contribution in [3.63, 3.8) is 0 Å². The van der Waals surface area contributed by atoms with Crippen LogP contribution < -0.4 is 5.48 Å². The first-order valence-corrected chi connectivity index (χ1v) is 4.07. The molecule has 72 valence electrons. The van der Waals surface area contributed by atoms with Crippen molar-refractivity contribution in [2.45, 2.75) is 13.3 Å². The summed E-state index contributed by atoms with van der Waals surface area (Å²) in [5.74, 6) is -0.957. The maximum atomic E-state index is 12.2. The Bertz CT molecular complexity index is 326. The van der Waals surface area contributed by atoms with Gasteiger partial charge in [-0.25, -0.2) is 19.2 Å². The van der Waals surface area contributed by atoms with Crippen LogP contribution in [0.5, 0.6) is 0 Å². The fourth-order valence-corrected chi connectivity index (χ4v) is 1.62. The van der Waals surface area contributed by atoms with Gasteiger partial charge in [-0.1, -0.05) is 0 Å². The molecule has 0 unspecified atom stereocenters. The lowest BCUT2D eigenvalue weighted by atomic mass is 10.3. The first-order valence-electron chi connectivity index (χ1n) is 3.26. The molecule has 0 aliphatic carbocycles. The molecule has 0 saturated heterocycles. The molecule has 1 aromatic rings.